The van der Waals surface area contributed by atoms with Gasteiger partial charge >= 0.3 is 0 Å². The van der Waals surface area contributed by atoms with Crippen LogP contribution in [0.5, 0.6) is 0 Å². The monoisotopic (exact) mass is 269 g/mol. The maximum atomic E-state index is 12.4. The Balaban J connectivity index is 2.02. The summed E-state index contributed by atoms with van der Waals surface area (Å²) in [7, 11) is 1.82. The molecule has 0 spiro atoms. The highest BCUT2D eigenvalue weighted by Gasteiger charge is 2.06. The van der Waals surface area contributed by atoms with E-state index < -0.39 is 0 Å². The van der Waals surface area contributed by atoms with E-state index in [1.165, 1.54) is 0 Å². The molecule has 102 valence electrons. The van der Waals surface area contributed by atoms with Crippen molar-refractivity contribution < 1.29 is 0 Å². The SMILES string of the molecule is CNc1cc(Cn2ccn3nc(C)cc3c2=O)ccn1. The van der Waals surface area contributed by atoms with E-state index in [4.69, 9.17) is 0 Å². The molecule has 0 unspecified atom stereocenters. The van der Waals surface area contributed by atoms with Crippen molar-refractivity contribution in [1.29, 1.82) is 0 Å². The number of nitrogens with one attached hydrogen (secondary N) is 1. The molecule has 0 saturated carbocycles. The third-order valence-corrected chi connectivity index (χ3v) is 3.16. The third kappa shape index (κ3) is 2.16. The summed E-state index contributed by atoms with van der Waals surface area (Å²) in [6, 6.07) is 5.63. The van der Waals surface area contributed by atoms with Crippen molar-refractivity contribution in [3.8, 4) is 0 Å². The van der Waals surface area contributed by atoms with Crippen LogP contribution in [0, 0.1) is 6.92 Å². The van der Waals surface area contributed by atoms with Gasteiger partial charge < -0.3 is 9.88 Å². The van der Waals surface area contributed by atoms with E-state index in [1.807, 2.05) is 26.1 Å². The molecule has 3 aromatic rings. The Morgan fingerprint density at radius 1 is 1.30 bits per heavy atom. The fourth-order valence-electron chi connectivity index (χ4n) is 2.18. The summed E-state index contributed by atoms with van der Waals surface area (Å²) < 4.78 is 3.28. The minimum Gasteiger partial charge on any atom is -0.373 e. The first-order chi connectivity index (χ1) is 9.67. The van der Waals surface area contributed by atoms with Gasteiger partial charge in [-0.1, -0.05) is 0 Å². The predicted octanol–water partition coefficient (Wildman–Crippen LogP) is 1.29. The normalized spacial score (nSPS) is 10.9. The van der Waals surface area contributed by atoms with Gasteiger partial charge in [0.15, 0.2) is 0 Å². The first kappa shape index (κ1) is 12.4. The van der Waals surface area contributed by atoms with E-state index in [0.29, 0.717) is 12.1 Å². The minimum absolute atomic E-state index is 0.0454. The molecule has 0 fully saturated rings. The van der Waals surface area contributed by atoms with Crippen molar-refractivity contribution in [2.75, 3.05) is 12.4 Å². The lowest BCUT2D eigenvalue weighted by atomic mass is 10.2. The van der Waals surface area contributed by atoms with Crippen LogP contribution in [0.3, 0.4) is 0 Å². The first-order valence-electron chi connectivity index (χ1n) is 6.35. The lowest BCUT2D eigenvalue weighted by Crippen LogP contribution is -2.21. The number of hydrogen-bond acceptors (Lipinski definition) is 4. The highest BCUT2D eigenvalue weighted by atomic mass is 16.1. The van der Waals surface area contributed by atoms with E-state index in [-0.39, 0.29) is 5.56 Å². The van der Waals surface area contributed by atoms with Crippen LogP contribution in [-0.4, -0.2) is 26.2 Å². The Kier molecular flexibility index (Phi) is 2.98. The van der Waals surface area contributed by atoms with Crippen molar-refractivity contribution >= 4 is 11.3 Å². The van der Waals surface area contributed by atoms with Crippen LogP contribution in [-0.2, 0) is 6.54 Å². The van der Waals surface area contributed by atoms with Crippen molar-refractivity contribution in [3.63, 3.8) is 0 Å². The summed E-state index contributed by atoms with van der Waals surface area (Å²) in [4.78, 5) is 16.5. The highest BCUT2D eigenvalue weighted by Crippen LogP contribution is 2.07. The second-order valence-electron chi connectivity index (χ2n) is 4.65. The summed E-state index contributed by atoms with van der Waals surface area (Å²) in [6.07, 6.45) is 5.28. The number of fused-ring (bicyclic) bond motifs is 1. The van der Waals surface area contributed by atoms with Crippen LogP contribution >= 0.6 is 0 Å². The summed E-state index contributed by atoms with van der Waals surface area (Å²) in [6.45, 7) is 2.38. The highest BCUT2D eigenvalue weighted by molar-refractivity contribution is 5.45. The molecule has 20 heavy (non-hydrogen) atoms. The van der Waals surface area contributed by atoms with Gasteiger partial charge in [0.1, 0.15) is 11.3 Å². The molecule has 6 heteroatoms. The van der Waals surface area contributed by atoms with Crippen molar-refractivity contribution in [1.82, 2.24) is 19.2 Å². The van der Waals surface area contributed by atoms with Crippen LogP contribution in [0.2, 0.25) is 0 Å². The standard InChI is InChI=1S/C14H15N5O/c1-10-7-12-14(20)18(5-6-19(12)17-10)9-11-3-4-16-13(8-11)15-2/h3-8H,9H2,1-2H3,(H,15,16). The predicted molar refractivity (Wildman–Crippen MR) is 77.1 cm³/mol. The van der Waals surface area contributed by atoms with Gasteiger partial charge in [-0.05, 0) is 30.7 Å². The van der Waals surface area contributed by atoms with Crippen LogP contribution in [0.4, 0.5) is 5.82 Å². The number of anilines is 1. The summed E-state index contributed by atoms with van der Waals surface area (Å²) in [5.74, 6) is 0.789. The van der Waals surface area contributed by atoms with Gasteiger partial charge in [0.25, 0.3) is 5.56 Å². The molecule has 3 rings (SSSR count). The molecule has 0 aliphatic rings. The number of hydrogen-bond donors (Lipinski definition) is 1. The van der Waals surface area contributed by atoms with E-state index in [1.54, 1.807) is 33.7 Å². The summed E-state index contributed by atoms with van der Waals surface area (Å²) in [5, 5.41) is 7.22. The van der Waals surface area contributed by atoms with Crippen molar-refractivity contribution in [2.45, 2.75) is 13.5 Å². The number of pyridine rings is 1. The Bertz CT molecular complexity index is 818. The summed E-state index contributed by atoms with van der Waals surface area (Å²) >= 11 is 0. The van der Waals surface area contributed by atoms with Gasteiger partial charge in [0, 0.05) is 25.6 Å². The maximum Gasteiger partial charge on any atom is 0.276 e. The molecule has 0 atom stereocenters. The largest absolute Gasteiger partial charge is 0.373 e. The van der Waals surface area contributed by atoms with Crippen LogP contribution in [0.25, 0.3) is 5.52 Å². The minimum atomic E-state index is -0.0454. The maximum absolute atomic E-state index is 12.4. The lowest BCUT2D eigenvalue weighted by Gasteiger charge is -2.07. The average Bonchev–Trinajstić information content (AvgIpc) is 2.84. The molecule has 0 saturated heterocycles. The Morgan fingerprint density at radius 2 is 2.15 bits per heavy atom. The number of rotatable bonds is 3. The molecule has 1 N–H and O–H groups in total. The number of aryl methyl sites for hydroxylation is 1. The topological polar surface area (TPSA) is 64.2 Å². The third-order valence-electron chi connectivity index (χ3n) is 3.16. The van der Waals surface area contributed by atoms with Gasteiger partial charge in [-0.15, -0.1) is 0 Å². The zero-order valence-electron chi connectivity index (χ0n) is 11.4. The molecule has 0 aliphatic carbocycles. The van der Waals surface area contributed by atoms with E-state index >= 15 is 0 Å². The Hall–Kier alpha value is -2.63. The quantitative estimate of drug-likeness (QED) is 0.778. The fourth-order valence-corrected chi connectivity index (χ4v) is 2.18. The molecular formula is C14H15N5O. The van der Waals surface area contributed by atoms with Gasteiger partial charge in [0.2, 0.25) is 0 Å². The van der Waals surface area contributed by atoms with E-state index in [0.717, 1.165) is 17.1 Å². The average molecular weight is 269 g/mol. The van der Waals surface area contributed by atoms with Crippen LogP contribution in [0.1, 0.15) is 11.3 Å². The van der Waals surface area contributed by atoms with Gasteiger partial charge in [0.05, 0.1) is 12.2 Å². The van der Waals surface area contributed by atoms with Crippen LogP contribution in [0.15, 0.2) is 41.6 Å². The zero-order chi connectivity index (χ0) is 14.1. The lowest BCUT2D eigenvalue weighted by molar-refractivity contribution is 0.741. The molecule has 0 radical (unpaired) electrons. The second-order valence-corrected chi connectivity index (χ2v) is 4.65. The van der Waals surface area contributed by atoms with Crippen molar-refractivity contribution in [3.05, 3.63) is 58.4 Å². The molecule has 0 aliphatic heterocycles. The van der Waals surface area contributed by atoms with Gasteiger partial charge in [-0.25, -0.2) is 9.50 Å². The molecule has 0 amide bonds. The molecule has 0 bridgehead atoms. The zero-order valence-corrected chi connectivity index (χ0v) is 11.4. The van der Waals surface area contributed by atoms with Crippen LogP contribution < -0.4 is 10.9 Å². The molecule has 3 heterocycles. The molecular weight excluding hydrogens is 254 g/mol. The molecule has 0 aromatic carbocycles. The Labute approximate surface area is 115 Å². The van der Waals surface area contributed by atoms with Crippen molar-refractivity contribution in [2.24, 2.45) is 0 Å². The Morgan fingerprint density at radius 3 is 2.95 bits per heavy atom. The molecule has 6 nitrogen and oxygen atoms in total. The van der Waals surface area contributed by atoms with E-state index in [9.17, 15) is 4.79 Å². The molecule has 3 aromatic heterocycles. The smallest absolute Gasteiger partial charge is 0.276 e. The fraction of sp³-hybridized carbons (Fsp3) is 0.214. The van der Waals surface area contributed by atoms with Gasteiger partial charge in [-0.3, -0.25) is 4.79 Å². The summed E-state index contributed by atoms with van der Waals surface area (Å²) in [5.41, 5.74) is 2.40. The number of nitrogens with zero attached hydrogens (tertiary/aromatic N) is 4. The van der Waals surface area contributed by atoms with Gasteiger partial charge in [-0.2, -0.15) is 5.10 Å². The van der Waals surface area contributed by atoms with E-state index in [2.05, 4.69) is 15.4 Å². The first-order valence-corrected chi connectivity index (χ1v) is 6.35. The number of aromatic nitrogens is 4. The second kappa shape index (κ2) is 4.80.